The van der Waals surface area contributed by atoms with E-state index in [1.807, 2.05) is 49.4 Å². The van der Waals surface area contributed by atoms with Crippen molar-refractivity contribution in [2.45, 2.75) is 20.5 Å². The van der Waals surface area contributed by atoms with Gasteiger partial charge >= 0.3 is 0 Å². The van der Waals surface area contributed by atoms with Gasteiger partial charge in [0.1, 0.15) is 12.4 Å². The number of nitrogens with zero attached hydrogens (tertiary/aromatic N) is 1. The van der Waals surface area contributed by atoms with Crippen LogP contribution in [0.15, 0.2) is 83.9 Å². The van der Waals surface area contributed by atoms with E-state index >= 15 is 0 Å². The minimum absolute atomic E-state index is 0.567. The van der Waals surface area contributed by atoms with Gasteiger partial charge in [0.15, 0.2) is 0 Å². The van der Waals surface area contributed by atoms with Crippen molar-refractivity contribution in [2.75, 3.05) is 0 Å². The molecule has 0 saturated heterocycles. The quantitative estimate of drug-likeness (QED) is 0.715. The Morgan fingerprint density at radius 1 is 0.958 bits per heavy atom. The number of aryl methyl sites for hydroxylation is 2. The van der Waals surface area contributed by atoms with Gasteiger partial charge in [0.25, 0.3) is 0 Å². The molecular formula is C22H21NO. The molecule has 2 aromatic carbocycles. The van der Waals surface area contributed by atoms with E-state index in [0.29, 0.717) is 6.61 Å². The summed E-state index contributed by atoms with van der Waals surface area (Å²) in [6.45, 7) is 8.71. The molecule has 0 aromatic heterocycles. The number of benzene rings is 2. The number of aliphatic imine (C=N–C) groups is 1. The highest BCUT2D eigenvalue weighted by Gasteiger charge is 2.05. The largest absolute Gasteiger partial charge is 0.489 e. The van der Waals surface area contributed by atoms with E-state index in [9.17, 15) is 0 Å². The van der Waals surface area contributed by atoms with Crippen molar-refractivity contribution in [3.05, 3.63) is 95.6 Å². The van der Waals surface area contributed by atoms with Crippen molar-refractivity contribution in [3.8, 4) is 5.75 Å². The predicted octanol–water partition coefficient (Wildman–Crippen LogP) is 5.64. The Labute approximate surface area is 143 Å². The van der Waals surface area contributed by atoms with Crippen molar-refractivity contribution < 1.29 is 4.74 Å². The van der Waals surface area contributed by atoms with E-state index in [1.165, 1.54) is 5.56 Å². The molecule has 2 heteroatoms. The average Bonchev–Trinajstić information content (AvgIpc) is 2.58. The number of ether oxygens (including phenoxy) is 1. The van der Waals surface area contributed by atoms with Crippen LogP contribution in [-0.4, -0.2) is 5.71 Å². The third-order valence-corrected chi connectivity index (χ3v) is 3.93. The Hall–Kier alpha value is -2.87. The summed E-state index contributed by atoms with van der Waals surface area (Å²) in [6, 6.07) is 14.4. The van der Waals surface area contributed by atoms with Gasteiger partial charge in [-0.1, -0.05) is 54.6 Å². The van der Waals surface area contributed by atoms with E-state index in [2.05, 4.69) is 37.8 Å². The van der Waals surface area contributed by atoms with Gasteiger partial charge in [-0.25, -0.2) is 4.99 Å². The van der Waals surface area contributed by atoms with Crippen LogP contribution in [0.5, 0.6) is 5.75 Å². The Morgan fingerprint density at radius 2 is 1.71 bits per heavy atom. The Kier molecular flexibility index (Phi) is 4.76. The lowest BCUT2D eigenvalue weighted by atomic mass is 10.1. The molecule has 0 bridgehead atoms. The summed E-state index contributed by atoms with van der Waals surface area (Å²) in [5, 5.41) is 0. The molecule has 0 radical (unpaired) electrons. The van der Waals surface area contributed by atoms with E-state index < -0.39 is 0 Å². The van der Waals surface area contributed by atoms with E-state index in [4.69, 9.17) is 9.73 Å². The van der Waals surface area contributed by atoms with E-state index in [0.717, 1.165) is 33.8 Å². The molecule has 1 aliphatic rings. The zero-order valence-electron chi connectivity index (χ0n) is 14.1. The molecule has 0 spiro atoms. The van der Waals surface area contributed by atoms with Crippen molar-refractivity contribution in [1.82, 2.24) is 0 Å². The molecule has 0 aliphatic heterocycles. The summed E-state index contributed by atoms with van der Waals surface area (Å²) >= 11 is 0. The maximum atomic E-state index is 5.89. The van der Waals surface area contributed by atoms with Crippen LogP contribution in [0.4, 0.5) is 5.69 Å². The SMILES string of the molecule is C=C1C=CC=CC1=Nc1ccc(OCc2ccc(C)cc2)cc1C. The molecular weight excluding hydrogens is 294 g/mol. The van der Waals surface area contributed by atoms with Crippen LogP contribution in [0.1, 0.15) is 16.7 Å². The highest BCUT2D eigenvalue weighted by atomic mass is 16.5. The minimum atomic E-state index is 0.567. The summed E-state index contributed by atoms with van der Waals surface area (Å²) in [7, 11) is 0. The van der Waals surface area contributed by atoms with Crippen LogP contribution >= 0.6 is 0 Å². The van der Waals surface area contributed by atoms with Gasteiger partial charge in [-0.2, -0.15) is 0 Å². The Morgan fingerprint density at radius 3 is 2.42 bits per heavy atom. The predicted molar refractivity (Wildman–Crippen MR) is 101 cm³/mol. The zero-order chi connectivity index (χ0) is 16.9. The molecule has 24 heavy (non-hydrogen) atoms. The van der Waals surface area contributed by atoms with E-state index in [1.54, 1.807) is 0 Å². The highest BCUT2D eigenvalue weighted by molar-refractivity contribution is 6.12. The summed E-state index contributed by atoms with van der Waals surface area (Å²) in [5.41, 5.74) is 6.27. The Bertz CT molecular complexity index is 839. The standard InChI is InChI=1S/C22H21NO/c1-16-8-10-19(11-9-16)15-24-20-12-13-22(18(3)14-20)23-21-7-5-4-6-17(21)2/h4-14H,2,15H2,1,3H3. The van der Waals surface area contributed by atoms with Gasteiger partial charge in [-0.15, -0.1) is 0 Å². The fourth-order valence-corrected chi connectivity index (χ4v) is 2.44. The van der Waals surface area contributed by atoms with Gasteiger partial charge in [0.2, 0.25) is 0 Å². The van der Waals surface area contributed by atoms with Crippen molar-refractivity contribution >= 4 is 11.4 Å². The molecule has 0 atom stereocenters. The van der Waals surface area contributed by atoms with Crippen LogP contribution in [0.3, 0.4) is 0 Å². The second-order valence-corrected chi connectivity index (χ2v) is 5.96. The normalized spacial score (nSPS) is 15.1. The molecule has 2 aromatic rings. The van der Waals surface area contributed by atoms with Gasteiger partial charge in [0.05, 0.1) is 11.4 Å². The summed E-state index contributed by atoms with van der Waals surface area (Å²) in [4.78, 5) is 4.69. The number of allylic oxidation sites excluding steroid dienone is 5. The lowest BCUT2D eigenvalue weighted by Gasteiger charge is -2.10. The minimum Gasteiger partial charge on any atom is -0.489 e. The lowest BCUT2D eigenvalue weighted by Crippen LogP contribution is -1.98. The third kappa shape index (κ3) is 3.90. The van der Waals surface area contributed by atoms with Crippen molar-refractivity contribution in [2.24, 2.45) is 4.99 Å². The van der Waals surface area contributed by atoms with Crippen LogP contribution < -0.4 is 4.74 Å². The molecule has 2 nitrogen and oxygen atoms in total. The molecule has 0 N–H and O–H groups in total. The Balaban J connectivity index is 1.71. The average molecular weight is 315 g/mol. The fourth-order valence-electron chi connectivity index (χ4n) is 2.44. The maximum Gasteiger partial charge on any atom is 0.120 e. The first-order valence-electron chi connectivity index (χ1n) is 8.03. The fraction of sp³-hybridized carbons (Fsp3) is 0.136. The van der Waals surface area contributed by atoms with Gasteiger partial charge in [-0.05, 0) is 54.8 Å². The van der Waals surface area contributed by atoms with Gasteiger partial charge in [-0.3, -0.25) is 0 Å². The second kappa shape index (κ2) is 7.14. The van der Waals surface area contributed by atoms with Gasteiger partial charge < -0.3 is 4.74 Å². The third-order valence-electron chi connectivity index (χ3n) is 3.93. The summed E-state index contributed by atoms with van der Waals surface area (Å²) in [6.07, 6.45) is 7.88. The zero-order valence-corrected chi connectivity index (χ0v) is 14.1. The van der Waals surface area contributed by atoms with Crippen LogP contribution in [0.2, 0.25) is 0 Å². The maximum absolute atomic E-state index is 5.89. The molecule has 120 valence electrons. The first-order chi connectivity index (χ1) is 11.6. The van der Waals surface area contributed by atoms with Crippen LogP contribution in [0, 0.1) is 13.8 Å². The van der Waals surface area contributed by atoms with Gasteiger partial charge in [0, 0.05) is 0 Å². The molecule has 1 aliphatic carbocycles. The van der Waals surface area contributed by atoms with Crippen LogP contribution in [0.25, 0.3) is 0 Å². The second-order valence-electron chi connectivity index (χ2n) is 5.96. The lowest BCUT2D eigenvalue weighted by molar-refractivity contribution is 0.306. The molecule has 0 fully saturated rings. The number of hydrogen-bond acceptors (Lipinski definition) is 2. The summed E-state index contributed by atoms with van der Waals surface area (Å²) < 4.78 is 5.89. The smallest absolute Gasteiger partial charge is 0.120 e. The van der Waals surface area contributed by atoms with Crippen molar-refractivity contribution in [3.63, 3.8) is 0 Å². The van der Waals surface area contributed by atoms with E-state index in [-0.39, 0.29) is 0 Å². The number of hydrogen-bond donors (Lipinski definition) is 0. The monoisotopic (exact) mass is 315 g/mol. The number of rotatable bonds is 4. The summed E-state index contributed by atoms with van der Waals surface area (Å²) in [5.74, 6) is 0.856. The highest BCUT2D eigenvalue weighted by Crippen LogP contribution is 2.26. The van der Waals surface area contributed by atoms with Crippen molar-refractivity contribution in [1.29, 1.82) is 0 Å². The molecule has 0 unspecified atom stereocenters. The molecule has 0 heterocycles. The molecule has 0 saturated carbocycles. The molecule has 0 amide bonds. The topological polar surface area (TPSA) is 21.6 Å². The first-order valence-corrected chi connectivity index (χ1v) is 8.03. The molecule has 3 rings (SSSR count). The first kappa shape index (κ1) is 16.0. The van der Waals surface area contributed by atoms with Crippen LogP contribution in [-0.2, 0) is 6.61 Å².